The Balaban J connectivity index is 1.84. The van der Waals surface area contributed by atoms with Crippen LogP contribution < -0.4 is 0 Å². The van der Waals surface area contributed by atoms with E-state index in [0.717, 1.165) is 23.3 Å². The van der Waals surface area contributed by atoms with Crippen molar-refractivity contribution in [2.75, 3.05) is 0 Å². The molecular weight excluding hydrogens is 228 g/mol. The van der Waals surface area contributed by atoms with E-state index in [2.05, 4.69) is 12.1 Å². The van der Waals surface area contributed by atoms with Crippen LogP contribution >= 0.6 is 11.3 Å². The molecule has 0 fully saturated rings. The van der Waals surface area contributed by atoms with Crippen LogP contribution in [0.4, 0.5) is 0 Å². The summed E-state index contributed by atoms with van der Waals surface area (Å²) in [7, 11) is 0. The summed E-state index contributed by atoms with van der Waals surface area (Å²) in [4.78, 5) is 13.1. The average Bonchev–Trinajstić information content (AvgIpc) is 2.77. The van der Waals surface area contributed by atoms with Gasteiger partial charge < -0.3 is 0 Å². The number of Topliss-reactive ketones (excluding diaryl/α,β-unsaturated/α-hetero) is 1. The van der Waals surface area contributed by atoms with E-state index < -0.39 is 0 Å². The van der Waals surface area contributed by atoms with Crippen LogP contribution in [-0.4, -0.2) is 5.78 Å². The molecule has 0 saturated heterocycles. The Morgan fingerprint density at radius 2 is 1.94 bits per heavy atom. The van der Waals surface area contributed by atoms with Crippen LogP contribution in [0.15, 0.2) is 41.8 Å². The van der Waals surface area contributed by atoms with Gasteiger partial charge in [-0.25, -0.2) is 0 Å². The van der Waals surface area contributed by atoms with Crippen LogP contribution in [0, 0.1) is 6.92 Å². The van der Waals surface area contributed by atoms with Crippen LogP contribution in [0.3, 0.4) is 0 Å². The lowest BCUT2D eigenvalue weighted by Gasteiger charge is -2.01. The fourth-order valence-corrected chi connectivity index (χ4v) is 2.62. The minimum atomic E-state index is 0.277. The number of ketones is 1. The van der Waals surface area contributed by atoms with E-state index in [1.165, 1.54) is 5.56 Å². The second-order valence-corrected chi connectivity index (χ2v) is 5.27. The third kappa shape index (κ3) is 3.27. The fourth-order valence-electron chi connectivity index (χ4n) is 1.91. The minimum Gasteiger partial charge on any atom is -0.294 e. The molecule has 0 bridgehead atoms. The van der Waals surface area contributed by atoms with Crippen molar-refractivity contribution in [2.24, 2.45) is 0 Å². The van der Waals surface area contributed by atoms with E-state index in [9.17, 15) is 4.79 Å². The fraction of sp³-hybridized carbons (Fsp3) is 0.267. The number of benzene rings is 1. The van der Waals surface area contributed by atoms with Gasteiger partial charge in [0.2, 0.25) is 0 Å². The maximum Gasteiger partial charge on any atom is 0.163 e. The van der Waals surface area contributed by atoms with Crippen LogP contribution in [0.1, 0.15) is 33.6 Å². The number of carbonyl (C=O) groups excluding carboxylic acids is 1. The van der Waals surface area contributed by atoms with Crippen molar-refractivity contribution in [1.82, 2.24) is 0 Å². The van der Waals surface area contributed by atoms with E-state index in [-0.39, 0.29) is 5.78 Å². The molecule has 0 aliphatic rings. The van der Waals surface area contributed by atoms with Gasteiger partial charge in [0.05, 0.1) is 0 Å². The largest absolute Gasteiger partial charge is 0.294 e. The summed E-state index contributed by atoms with van der Waals surface area (Å²) in [6.07, 6.45) is 2.56. The van der Waals surface area contributed by atoms with Gasteiger partial charge in [-0.2, -0.15) is 0 Å². The number of aryl methyl sites for hydroxylation is 2. The average molecular weight is 244 g/mol. The summed E-state index contributed by atoms with van der Waals surface area (Å²) in [6, 6.07) is 12.3. The lowest BCUT2D eigenvalue weighted by atomic mass is 10.0. The first-order chi connectivity index (χ1) is 8.27. The zero-order chi connectivity index (χ0) is 12.1. The molecule has 0 atom stereocenters. The van der Waals surface area contributed by atoms with Crippen LogP contribution in [0.5, 0.6) is 0 Å². The molecule has 1 aromatic carbocycles. The van der Waals surface area contributed by atoms with Gasteiger partial charge in [0.15, 0.2) is 5.78 Å². The molecule has 0 unspecified atom stereocenters. The molecule has 1 nitrogen and oxygen atoms in total. The quantitative estimate of drug-likeness (QED) is 0.718. The summed E-state index contributed by atoms with van der Waals surface area (Å²) in [5, 5.41) is 1.99. The summed E-state index contributed by atoms with van der Waals surface area (Å²) in [5.74, 6) is 0.277. The molecule has 0 saturated carbocycles. The van der Waals surface area contributed by atoms with E-state index >= 15 is 0 Å². The van der Waals surface area contributed by atoms with Gasteiger partial charge in [0.25, 0.3) is 0 Å². The second-order valence-electron chi connectivity index (χ2n) is 4.15. The van der Waals surface area contributed by atoms with Crippen LogP contribution in [0.2, 0.25) is 0 Å². The first kappa shape index (κ1) is 12.1. The Kier molecular flexibility index (Phi) is 4.10. The maximum atomic E-state index is 11.9. The molecule has 0 aliphatic carbocycles. The molecule has 1 aromatic heterocycles. The Morgan fingerprint density at radius 1 is 1.18 bits per heavy atom. The molecule has 2 aromatic rings. The molecule has 1 heterocycles. The smallest absolute Gasteiger partial charge is 0.163 e. The zero-order valence-electron chi connectivity index (χ0n) is 9.98. The number of thiophene rings is 1. The van der Waals surface area contributed by atoms with Gasteiger partial charge in [-0.05, 0) is 36.8 Å². The van der Waals surface area contributed by atoms with Crippen LogP contribution in [-0.2, 0) is 6.42 Å². The van der Waals surface area contributed by atoms with Gasteiger partial charge in [0.1, 0.15) is 0 Å². The topological polar surface area (TPSA) is 17.1 Å². The molecular formula is C15H16OS. The van der Waals surface area contributed by atoms with Gasteiger partial charge in [-0.3, -0.25) is 4.79 Å². The number of carbonyl (C=O) groups is 1. The molecule has 0 spiro atoms. The van der Waals surface area contributed by atoms with Crippen molar-refractivity contribution >= 4 is 17.1 Å². The SMILES string of the molecule is Cc1sccc1C(=O)CCCc1ccccc1. The molecule has 2 heteroatoms. The van der Waals surface area contributed by atoms with E-state index in [4.69, 9.17) is 0 Å². The highest BCUT2D eigenvalue weighted by molar-refractivity contribution is 7.10. The van der Waals surface area contributed by atoms with Crippen LogP contribution in [0.25, 0.3) is 0 Å². The van der Waals surface area contributed by atoms with E-state index in [1.54, 1.807) is 11.3 Å². The highest BCUT2D eigenvalue weighted by Crippen LogP contribution is 2.18. The highest BCUT2D eigenvalue weighted by Gasteiger charge is 2.09. The van der Waals surface area contributed by atoms with Gasteiger partial charge in [-0.15, -0.1) is 11.3 Å². The maximum absolute atomic E-state index is 11.9. The van der Waals surface area contributed by atoms with E-state index in [0.29, 0.717) is 6.42 Å². The van der Waals surface area contributed by atoms with Gasteiger partial charge in [0, 0.05) is 16.9 Å². The summed E-state index contributed by atoms with van der Waals surface area (Å²) < 4.78 is 0. The number of hydrogen-bond acceptors (Lipinski definition) is 2. The standard InChI is InChI=1S/C15H16OS/c1-12-14(10-11-17-12)15(16)9-5-8-13-6-3-2-4-7-13/h2-4,6-7,10-11H,5,8-9H2,1H3. The minimum absolute atomic E-state index is 0.277. The van der Waals surface area contributed by atoms with Crippen molar-refractivity contribution in [1.29, 1.82) is 0 Å². The zero-order valence-corrected chi connectivity index (χ0v) is 10.8. The molecule has 0 amide bonds. The Bertz CT molecular complexity index is 485. The van der Waals surface area contributed by atoms with Gasteiger partial charge >= 0.3 is 0 Å². The first-order valence-electron chi connectivity index (χ1n) is 5.88. The summed E-state index contributed by atoms with van der Waals surface area (Å²) >= 11 is 1.64. The van der Waals surface area contributed by atoms with Crippen molar-refractivity contribution in [3.63, 3.8) is 0 Å². The predicted octanol–water partition coefficient (Wildman–Crippen LogP) is 4.26. The van der Waals surface area contributed by atoms with Gasteiger partial charge in [-0.1, -0.05) is 30.3 Å². The third-order valence-electron chi connectivity index (χ3n) is 2.87. The molecule has 88 valence electrons. The van der Waals surface area contributed by atoms with Crippen molar-refractivity contribution < 1.29 is 4.79 Å². The Labute approximate surface area is 106 Å². The van der Waals surface area contributed by atoms with Crippen molar-refractivity contribution in [2.45, 2.75) is 26.2 Å². The van der Waals surface area contributed by atoms with Crippen molar-refractivity contribution in [3.05, 3.63) is 57.8 Å². The first-order valence-corrected chi connectivity index (χ1v) is 6.76. The normalized spacial score (nSPS) is 10.4. The third-order valence-corrected chi connectivity index (χ3v) is 3.72. The number of hydrogen-bond donors (Lipinski definition) is 0. The second kappa shape index (κ2) is 5.78. The molecule has 2 rings (SSSR count). The lowest BCUT2D eigenvalue weighted by molar-refractivity contribution is 0.0980. The Hall–Kier alpha value is -1.41. The summed E-state index contributed by atoms with van der Waals surface area (Å²) in [5.41, 5.74) is 2.21. The van der Waals surface area contributed by atoms with Crippen molar-refractivity contribution in [3.8, 4) is 0 Å². The number of rotatable bonds is 5. The summed E-state index contributed by atoms with van der Waals surface area (Å²) in [6.45, 7) is 2.01. The Morgan fingerprint density at radius 3 is 2.59 bits per heavy atom. The highest BCUT2D eigenvalue weighted by atomic mass is 32.1. The predicted molar refractivity (Wildman–Crippen MR) is 72.8 cm³/mol. The molecule has 0 aliphatic heterocycles. The van der Waals surface area contributed by atoms with E-state index in [1.807, 2.05) is 36.6 Å². The molecule has 17 heavy (non-hydrogen) atoms. The molecule has 0 N–H and O–H groups in total. The lowest BCUT2D eigenvalue weighted by Crippen LogP contribution is -1.99. The molecule has 0 radical (unpaired) electrons. The monoisotopic (exact) mass is 244 g/mol.